The van der Waals surface area contributed by atoms with Crippen LogP contribution in [0.25, 0.3) is 0 Å². The third kappa shape index (κ3) is 3.46. The summed E-state index contributed by atoms with van der Waals surface area (Å²) in [5, 5.41) is 0. The second-order valence-electron chi connectivity index (χ2n) is 4.96. The van der Waals surface area contributed by atoms with Crippen molar-refractivity contribution in [3.8, 4) is 0 Å². The van der Waals surface area contributed by atoms with Gasteiger partial charge in [-0.1, -0.05) is 30.3 Å². The van der Waals surface area contributed by atoms with Crippen molar-refractivity contribution in [3.05, 3.63) is 71.0 Å². The molecule has 2 aromatic rings. The molecule has 0 aromatic heterocycles. The maximum Gasteiger partial charge on any atom is 0.244 e. The molecule has 1 amide bonds. The Kier molecular flexibility index (Phi) is 4.82. The monoisotopic (exact) mass is 308 g/mol. The van der Waals surface area contributed by atoms with Gasteiger partial charge >= 0.3 is 0 Å². The molecule has 3 nitrogen and oxygen atoms in total. The highest BCUT2D eigenvalue weighted by Crippen LogP contribution is 2.17. The van der Waals surface area contributed by atoms with Crippen molar-refractivity contribution in [1.82, 2.24) is 4.90 Å². The third-order valence-corrected chi connectivity index (χ3v) is 3.26. The Morgan fingerprint density at radius 2 is 1.68 bits per heavy atom. The number of hydrogen-bond acceptors (Lipinski definition) is 2. The van der Waals surface area contributed by atoms with Crippen LogP contribution in [0.2, 0.25) is 0 Å². The lowest BCUT2D eigenvalue weighted by atomic mass is 10.1. The molecule has 0 saturated carbocycles. The Morgan fingerprint density at radius 3 is 2.23 bits per heavy atom. The van der Waals surface area contributed by atoms with Crippen LogP contribution in [0.15, 0.2) is 42.5 Å². The molecule has 0 heterocycles. The van der Waals surface area contributed by atoms with Crippen molar-refractivity contribution >= 4 is 5.91 Å². The Bertz CT molecular complexity index is 653. The smallest absolute Gasteiger partial charge is 0.244 e. The minimum Gasteiger partial charge on any atom is -0.340 e. The SMILES string of the molecule is CN(Cc1cc(F)c(F)c(F)c1)C(=O)[C@@H](N)c1ccccc1. The van der Waals surface area contributed by atoms with Gasteiger partial charge in [-0.3, -0.25) is 4.79 Å². The molecule has 0 bridgehead atoms. The fourth-order valence-corrected chi connectivity index (χ4v) is 2.09. The van der Waals surface area contributed by atoms with Crippen molar-refractivity contribution < 1.29 is 18.0 Å². The van der Waals surface area contributed by atoms with E-state index in [2.05, 4.69) is 0 Å². The van der Waals surface area contributed by atoms with E-state index in [0.29, 0.717) is 5.56 Å². The number of carbonyl (C=O) groups excluding carboxylic acids is 1. The lowest BCUT2D eigenvalue weighted by molar-refractivity contribution is -0.132. The van der Waals surface area contributed by atoms with Crippen LogP contribution in [-0.4, -0.2) is 17.9 Å². The summed E-state index contributed by atoms with van der Waals surface area (Å²) in [7, 11) is 1.46. The first kappa shape index (κ1) is 16.0. The molecule has 0 unspecified atom stereocenters. The lowest BCUT2D eigenvalue weighted by Crippen LogP contribution is -2.35. The molecule has 22 heavy (non-hydrogen) atoms. The van der Waals surface area contributed by atoms with Gasteiger partial charge in [-0.25, -0.2) is 13.2 Å². The molecule has 0 radical (unpaired) electrons. The Balaban J connectivity index is 2.12. The summed E-state index contributed by atoms with van der Waals surface area (Å²) in [4.78, 5) is 13.5. The second-order valence-corrected chi connectivity index (χ2v) is 4.96. The van der Waals surface area contributed by atoms with Crippen molar-refractivity contribution in [2.75, 3.05) is 7.05 Å². The maximum absolute atomic E-state index is 13.2. The molecule has 1 atom stereocenters. The van der Waals surface area contributed by atoms with Crippen LogP contribution in [0.5, 0.6) is 0 Å². The van der Waals surface area contributed by atoms with E-state index in [1.807, 2.05) is 0 Å². The van der Waals surface area contributed by atoms with Crippen LogP contribution in [0.4, 0.5) is 13.2 Å². The summed E-state index contributed by atoms with van der Waals surface area (Å²) in [6, 6.07) is 9.59. The number of benzene rings is 2. The van der Waals surface area contributed by atoms with Gasteiger partial charge in [0.25, 0.3) is 0 Å². The molecule has 0 fully saturated rings. The third-order valence-electron chi connectivity index (χ3n) is 3.26. The summed E-state index contributed by atoms with van der Waals surface area (Å²) >= 11 is 0. The lowest BCUT2D eigenvalue weighted by Gasteiger charge is -2.21. The van der Waals surface area contributed by atoms with Gasteiger partial charge in [0.05, 0.1) is 0 Å². The molecular weight excluding hydrogens is 293 g/mol. The van der Waals surface area contributed by atoms with Gasteiger partial charge in [0.2, 0.25) is 5.91 Å². The van der Waals surface area contributed by atoms with Crippen LogP contribution >= 0.6 is 0 Å². The molecule has 2 aromatic carbocycles. The average Bonchev–Trinajstić information content (AvgIpc) is 2.51. The largest absolute Gasteiger partial charge is 0.340 e. The topological polar surface area (TPSA) is 46.3 Å². The van der Waals surface area contributed by atoms with Crippen molar-refractivity contribution in [1.29, 1.82) is 0 Å². The van der Waals surface area contributed by atoms with Gasteiger partial charge in [0.1, 0.15) is 6.04 Å². The van der Waals surface area contributed by atoms with Crippen molar-refractivity contribution in [2.24, 2.45) is 5.73 Å². The quantitative estimate of drug-likeness (QED) is 0.883. The van der Waals surface area contributed by atoms with Gasteiger partial charge in [0, 0.05) is 13.6 Å². The zero-order valence-electron chi connectivity index (χ0n) is 11.9. The number of rotatable bonds is 4. The molecule has 0 aliphatic carbocycles. The van der Waals surface area contributed by atoms with Crippen LogP contribution in [0.3, 0.4) is 0 Å². The Labute approximate surface area is 126 Å². The number of halogens is 3. The number of likely N-dealkylation sites (N-methyl/N-ethyl adjacent to an activating group) is 1. The molecule has 116 valence electrons. The first-order valence-electron chi connectivity index (χ1n) is 6.59. The fraction of sp³-hybridized carbons (Fsp3) is 0.188. The van der Waals surface area contributed by atoms with E-state index in [0.717, 1.165) is 12.1 Å². The highest BCUT2D eigenvalue weighted by Gasteiger charge is 2.20. The molecular formula is C16H15F3N2O. The van der Waals surface area contributed by atoms with E-state index in [4.69, 9.17) is 5.73 Å². The van der Waals surface area contributed by atoms with E-state index < -0.39 is 29.4 Å². The van der Waals surface area contributed by atoms with E-state index in [1.165, 1.54) is 11.9 Å². The highest BCUT2D eigenvalue weighted by atomic mass is 19.2. The minimum atomic E-state index is -1.53. The zero-order chi connectivity index (χ0) is 16.3. The second kappa shape index (κ2) is 6.62. The zero-order valence-corrected chi connectivity index (χ0v) is 11.9. The van der Waals surface area contributed by atoms with Crippen LogP contribution in [0, 0.1) is 17.5 Å². The number of hydrogen-bond donors (Lipinski definition) is 1. The standard InChI is InChI=1S/C16H15F3N2O/c1-21(9-10-7-12(17)14(19)13(18)8-10)16(22)15(20)11-5-3-2-4-6-11/h2-8,15H,9,20H2,1H3/t15-/m0/s1. The highest BCUT2D eigenvalue weighted by molar-refractivity contribution is 5.82. The van der Waals surface area contributed by atoms with E-state index in [9.17, 15) is 18.0 Å². The van der Waals surface area contributed by atoms with Gasteiger partial charge in [0.15, 0.2) is 17.5 Å². The number of amides is 1. The number of nitrogens with two attached hydrogens (primary N) is 1. The van der Waals surface area contributed by atoms with Gasteiger partial charge < -0.3 is 10.6 Å². The molecule has 6 heteroatoms. The number of nitrogens with zero attached hydrogens (tertiary/aromatic N) is 1. The predicted molar refractivity (Wildman–Crippen MR) is 76.2 cm³/mol. The molecule has 0 spiro atoms. The average molecular weight is 308 g/mol. The van der Waals surface area contributed by atoms with Crippen LogP contribution in [-0.2, 0) is 11.3 Å². The Morgan fingerprint density at radius 1 is 1.14 bits per heavy atom. The number of carbonyl (C=O) groups is 1. The molecule has 2 N–H and O–H groups in total. The Hall–Kier alpha value is -2.34. The summed E-state index contributed by atoms with van der Waals surface area (Å²) in [6.45, 7) is -0.0759. The van der Waals surface area contributed by atoms with E-state index in [1.54, 1.807) is 30.3 Å². The fourth-order valence-electron chi connectivity index (χ4n) is 2.09. The summed E-state index contributed by atoms with van der Waals surface area (Å²) in [6.07, 6.45) is 0. The summed E-state index contributed by atoms with van der Waals surface area (Å²) in [5.74, 6) is -4.51. The molecule has 0 aliphatic rings. The normalized spacial score (nSPS) is 12.0. The van der Waals surface area contributed by atoms with Gasteiger partial charge in [-0.15, -0.1) is 0 Å². The minimum absolute atomic E-state index is 0.0759. The molecule has 0 saturated heterocycles. The summed E-state index contributed by atoms with van der Waals surface area (Å²) in [5.41, 5.74) is 6.66. The van der Waals surface area contributed by atoms with E-state index >= 15 is 0 Å². The maximum atomic E-state index is 13.2. The van der Waals surface area contributed by atoms with Gasteiger partial charge in [-0.05, 0) is 23.3 Å². The van der Waals surface area contributed by atoms with Crippen molar-refractivity contribution in [2.45, 2.75) is 12.6 Å². The predicted octanol–water partition coefficient (Wildman–Crippen LogP) is 2.76. The molecule has 2 rings (SSSR count). The van der Waals surface area contributed by atoms with Crippen molar-refractivity contribution in [3.63, 3.8) is 0 Å². The first-order chi connectivity index (χ1) is 10.4. The first-order valence-corrected chi connectivity index (χ1v) is 6.59. The van der Waals surface area contributed by atoms with Crippen LogP contribution < -0.4 is 5.73 Å². The van der Waals surface area contributed by atoms with Crippen LogP contribution in [0.1, 0.15) is 17.2 Å². The van der Waals surface area contributed by atoms with Gasteiger partial charge in [-0.2, -0.15) is 0 Å². The molecule has 0 aliphatic heterocycles. The summed E-state index contributed by atoms with van der Waals surface area (Å²) < 4.78 is 39.2. The van der Waals surface area contributed by atoms with E-state index in [-0.39, 0.29) is 12.1 Å².